The lowest BCUT2D eigenvalue weighted by Crippen LogP contribution is -2.43. The van der Waals surface area contributed by atoms with Crippen molar-refractivity contribution in [2.75, 3.05) is 6.54 Å². The van der Waals surface area contributed by atoms with Gasteiger partial charge in [-0.05, 0) is 30.7 Å². The van der Waals surface area contributed by atoms with Crippen LogP contribution in [0.4, 0.5) is 4.79 Å². The summed E-state index contributed by atoms with van der Waals surface area (Å²) in [6.45, 7) is 1.46. The number of hydrogen-bond donors (Lipinski definition) is 2. The normalized spacial score (nSPS) is 19.1. The molecule has 2 aromatic rings. The molecule has 0 unspecified atom stereocenters. The first-order valence-electron chi connectivity index (χ1n) is 8.21. The molecule has 0 aromatic heterocycles. The van der Waals surface area contributed by atoms with E-state index in [1.54, 1.807) is 55.5 Å². The lowest BCUT2D eigenvalue weighted by molar-refractivity contribution is -0.134. The first kappa shape index (κ1) is 19.2. The molecule has 0 saturated carbocycles. The highest BCUT2D eigenvalue weighted by atomic mass is 35.5. The number of benzene rings is 2. The van der Waals surface area contributed by atoms with Crippen molar-refractivity contribution >= 4 is 41.0 Å². The van der Waals surface area contributed by atoms with Gasteiger partial charge in [-0.25, -0.2) is 4.79 Å². The first-order valence-corrected chi connectivity index (χ1v) is 8.97. The molecule has 8 heteroatoms. The van der Waals surface area contributed by atoms with Crippen LogP contribution in [0.3, 0.4) is 0 Å². The molecule has 1 fully saturated rings. The minimum atomic E-state index is -1.31. The average molecular weight is 406 g/mol. The SMILES string of the molecule is C[C@]1(c2ccccc2Cl)NC(=O)N(CC(=O)NCc2ccc(Cl)cc2)C1=O. The summed E-state index contributed by atoms with van der Waals surface area (Å²) in [7, 11) is 0. The number of nitrogens with zero attached hydrogens (tertiary/aromatic N) is 1. The van der Waals surface area contributed by atoms with E-state index < -0.39 is 23.4 Å². The summed E-state index contributed by atoms with van der Waals surface area (Å²) in [6.07, 6.45) is 0. The van der Waals surface area contributed by atoms with Crippen LogP contribution in [-0.4, -0.2) is 29.3 Å². The Hall–Kier alpha value is -2.57. The standard InChI is InChI=1S/C19H17Cl2N3O3/c1-19(14-4-2-3-5-15(14)21)17(26)24(18(27)23-19)11-16(25)22-10-12-6-8-13(20)9-7-12/h2-9H,10-11H2,1H3,(H,22,25)(H,23,27)/t19-/m1/s1. The van der Waals surface area contributed by atoms with Crippen molar-refractivity contribution in [3.63, 3.8) is 0 Å². The fourth-order valence-corrected chi connectivity index (χ4v) is 3.34. The zero-order valence-corrected chi connectivity index (χ0v) is 16.0. The number of hydrogen-bond acceptors (Lipinski definition) is 3. The second kappa shape index (κ2) is 7.58. The van der Waals surface area contributed by atoms with E-state index in [-0.39, 0.29) is 13.1 Å². The largest absolute Gasteiger partial charge is 0.350 e. The van der Waals surface area contributed by atoms with Crippen LogP contribution in [0.1, 0.15) is 18.1 Å². The van der Waals surface area contributed by atoms with Crippen molar-refractivity contribution in [3.8, 4) is 0 Å². The second-order valence-corrected chi connectivity index (χ2v) is 7.17. The van der Waals surface area contributed by atoms with Gasteiger partial charge in [-0.1, -0.05) is 53.5 Å². The lowest BCUT2D eigenvalue weighted by Gasteiger charge is -2.23. The number of carbonyl (C=O) groups is 3. The maximum atomic E-state index is 12.8. The number of nitrogens with one attached hydrogen (secondary N) is 2. The predicted molar refractivity (Wildman–Crippen MR) is 102 cm³/mol. The molecule has 6 nitrogen and oxygen atoms in total. The van der Waals surface area contributed by atoms with Crippen LogP contribution in [0.2, 0.25) is 10.0 Å². The molecule has 4 amide bonds. The summed E-state index contributed by atoms with van der Waals surface area (Å²) >= 11 is 12.0. The summed E-state index contributed by atoms with van der Waals surface area (Å²) in [5.74, 6) is -0.973. The van der Waals surface area contributed by atoms with E-state index in [0.29, 0.717) is 15.6 Å². The average Bonchev–Trinajstić information content (AvgIpc) is 2.85. The van der Waals surface area contributed by atoms with E-state index in [4.69, 9.17) is 23.2 Å². The Morgan fingerprint density at radius 2 is 1.78 bits per heavy atom. The summed E-state index contributed by atoms with van der Waals surface area (Å²) < 4.78 is 0. The first-order chi connectivity index (χ1) is 12.8. The number of imide groups is 1. The molecule has 0 bridgehead atoms. The Balaban J connectivity index is 1.67. The van der Waals surface area contributed by atoms with Gasteiger partial charge in [0.15, 0.2) is 0 Å². The molecule has 140 valence electrons. The van der Waals surface area contributed by atoms with E-state index in [2.05, 4.69) is 10.6 Å². The van der Waals surface area contributed by atoms with Gasteiger partial charge < -0.3 is 10.6 Å². The molecule has 1 aliphatic heterocycles. The van der Waals surface area contributed by atoms with Gasteiger partial charge in [-0.3, -0.25) is 14.5 Å². The van der Waals surface area contributed by atoms with E-state index in [0.717, 1.165) is 10.5 Å². The van der Waals surface area contributed by atoms with Gasteiger partial charge in [-0.2, -0.15) is 0 Å². The molecule has 2 N–H and O–H groups in total. The smallest absolute Gasteiger partial charge is 0.325 e. The Kier molecular flexibility index (Phi) is 5.39. The van der Waals surface area contributed by atoms with Gasteiger partial charge in [-0.15, -0.1) is 0 Å². The van der Waals surface area contributed by atoms with Crippen LogP contribution in [0.5, 0.6) is 0 Å². The quantitative estimate of drug-likeness (QED) is 0.750. The third-order valence-electron chi connectivity index (χ3n) is 4.39. The summed E-state index contributed by atoms with van der Waals surface area (Å²) in [5, 5.41) is 6.28. The summed E-state index contributed by atoms with van der Waals surface area (Å²) in [5.41, 5.74) is 0.0197. The molecule has 3 rings (SSSR count). The van der Waals surface area contributed by atoms with E-state index in [1.165, 1.54) is 0 Å². The Bertz CT molecular complexity index is 901. The minimum Gasteiger partial charge on any atom is -0.350 e. The number of carbonyl (C=O) groups excluding carboxylic acids is 3. The Morgan fingerprint density at radius 3 is 2.44 bits per heavy atom. The van der Waals surface area contributed by atoms with Crippen molar-refractivity contribution in [3.05, 3.63) is 69.7 Å². The molecular formula is C19H17Cl2N3O3. The third-order valence-corrected chi connectivity index (χ3v) is 4.97. The van der Waals surface area contributed by atoms with Crippen LogP contribution in [0, 0.1) is 0 Å². The van der Waals surface area contributed by atoms with Crippen molar-refractivity contribution < 1.29 is 14.4 Å². The predicted octanol–water partition coefficient (Wildman–Crippen LogP) is 3.08. The minimum absolute atomic E-state index is 0.265. The van der Waals surface area contributed by atoms with Crippen LogP contribution in [0.25, 0.3) is 0 Å². The van der Waals surface area contributed by atoms with E-state index >= 15 is 0 Å². The number of rotatable bonds is 5. The zero-order chi connectivity index (χ0) is 19.6. The Labute approximate surface area is 166 Å². The molecule has 0 aliphatic carbocycles. The molecule has 1 aliphatic rings. The van der Waals surface area contributed by atoms with Crippen molar-refractivity contribution in [1.82, 2.24) is 15.5 Å². The highest BCUT2D eigenvalue weighted by molar-refractivity contribution is 6.32. The zero-order valence-electron chi connectivity index (χ0n) is 14.5. The van der Waals surface area contributed by atoms with E-state index in [1.807, 2.05) is 0 Å². The van der Waals surface area contributed by atoms with Gasteiger partial charge in [0.25, 0.3) is 5.91 Å². The number of urea groups is 1. The van der Waals surface area contributed by atoms with E-state index in [9.17, 15) is 14.4 Å². The second-order valence-electron chi connectivity index (χ2n) is 6.33. The molecule has 2 aromatic carbocycles. The fourth-order valence-electron chi connectivity index (χ4n) is 2.89. The van der Waals surface area contributed by atoms with Gasteiger partial charge in [0.2, 0.25) is 5.91 Å². The number of halogens is 2. The monoisotopic (exact) mass is 405 g/mol. The van der Waals surface area contributed by atoms with Gasteiger partial charge in [0.1, 0.15) is 12.1 Å². The van der Waals surface area contributed by atoms with Crippen molar-refractivity contribution in [1.29, 1.82) is 0 Å². The van der Waals surface area contributed by atoms with Crippen LogP contribution < -0.4 is 10.6 Å². The maximum absolute atomic E-state index is 12.8. The maximum Gasteiger partial charge on any atom is 0.325 e. The molecule has 1 heterocycles. The lowest BCUT2D eigenvalue weighted by atomic mass is 9.92. The topological polar surface area (TPSA) is 78.5 Å². The summed E-state index contributed by atoms with van der Waals surface area (Å²) in [4.78, 5) is 38.2. The van der Waals surface area contributed by atoms with Gasteiger partial charge >= 0.3 is 6.03 Å². The van der Waals surface area contributed by atoms with Crippen molar-refractivity contribution in [2.45, 2.75) is 19.0 Å². The van der Waals surface area contributed by atoms with Crippen LogP contribution in [0.15, 0.2) is 48.5 Å². The van der Waals surface area contributed by atoms with Crippen molar-refractivity contribution in [2.24, 2.45) is 0 Å². The highest BCUT2D eigenvalue weighted by Crippen LogP contribution is 2.33. The van der Waals surface area contributed by atoms with Gasteiger partial charge in [0.05, 0.1) is 0 Å². The molecule has 1 saturated heterocycles. The summed E-state index contributed by atoms with van der Waals surface area (Å²) in [6, 6.07) is 13.1. The van der Waals surface area contributed by atoms with Gasteiger partial charge in [0, 0.05) is 22.2 Å². The molecule has 0 radical (unpaired) electrons. The number of amides is 4. The van der Waals surface area contributed by atoms with Crippen LogP contribution in [-0.2, 0) is 21.7 Å². The molecule has 1 atom stereocenters. The molecular weight excluding hydrogens is 389 g/mol. The third kappa shape index (κ3) is 3.91. The highest BCUT2D eigenvalue weighted by Gasteiger charge is 2.50. The molecule has 27 heavy (non-hydrogen) atoms. The Morgan fingerprint density at radius 1 is 1.11 bits per heavy atom. The molecule has 0 spiro atoms. The van der Waals surface area contributed by atoms with Crippen LogP contribution >= 0.6 is 23.2 Å². The fraction of sp³-hybridized carbons (Fsp3) is 0.211.